The minimum Gasteiger partial charge on any atom is -0.496 e. The second kappa shape index (κ2) is 21.5. The van der Waals surface area contributed by atoms with Crippen molar-refractivity contribution in [3.63, 3.8) is 0 Å². The van der Waals surface area contributed by atoms with Gasteiger partial charge in [-0.3, -0.25) is 9.59 Å². The molecule has 6 rings (SSSR count). The summed E-state index contributed by atoms with van der Waals surface area (Å²) in [4.78, 5) is 25.7. The Bertz CT molecular complexity index is 2260. The third kappa shape index (κ3) is 11.1. The number of benzene rings is 4. The fourth-order valence-corrected chi connectivity index (χ4v) is 9.91. The van der Waals surface area contributed by atoms with Gasteiger partial charge in [-0.05, 0) is 89.7 Å². The van der Waals surface area contributed by atoms with Gasteiger partial charge in [-0.1, -0.05) is 18.2 Å². The highest BCUT2D eigenvalue weighted by molar-refractivity contribution is 5.77. The Balaban J connectivity index is 1.00. The zero-order valence-corrected chi connectivity index (χ0v) is 39.8. The van der Waals surface area contributed by atoms with Crippen molar-refractivity contribution in [1.29, 1.82) is 0 Å². The van der Waals surface area contributed by atoms with Gasteiger partial charge in [-0.2, -0.15) is 0 Å². The molecule has 64 heavy (non-hydrogen) atoms. The number of hydrogen-bond acceptors (Lipinski definition) is 10. The Hall–Kier alpha value is -5.46. The second-order valence-corrected chi connectivity index (χ2v) is 17.9. The summed E-state index contributed by atoms with van der Waals surface area (Å²) in [6, 6.07) is 21.6. The Morgan fingerprint density at radius 1 is 0.516 bits per heavy atom. The van der Waals surface area contributed by atoms with E-state index in [9.17, 15) is 9.59 Å². The van der Waals surface area contributed by atoms with Crippen molar-refractivity contribution in [3.05, 3.63) is 105 Å². The van der Waals surface area contributed by atoms with Crippen LogP contribution in [0.15, 0.2) is 60.7 Å². The lowest BCUT2D eigenvalue weighted by molar-refractivity contribution is -0.941. The van der Waals surface area contributed by atoms with Crippen LogP contribution < -0.4 is 28.4 Å². The van der Waals surface area contributed by atoms with Gasteiger partial charge in [-0.15, -0.1) is 0 Å². The van der Waals surface area contributed by atoms with Crippen molar-refractivity contribution in [1.82, 2.24) is 0 Å². The summed E-state index contributed by atoms with van der Waals surface area (Å²) in [5.74, 6) is 3.83. The predicted octanol–water partition coefficient (Wildman–Crippen LogP) is 8.28. The summed E-state index contributed by atoms with van der Waals surface area (Å²) in [6.07, 6.45) is 4.77. The van der Waals surface area contributed by atoms with Crippen molar-refractivity contribution in [2.45, 2.75) is 77.3 Å². The molecule has 0 radical (unpaired) electrons. The molecule has 2 heterocycles. The molecule has 2 aliphatic heterocycles. The Kier molecular flexibility index (Phi) is 16.1. The molecule has 0 fully saturated rings. The zero-order chi connectivity index (χ0) is 46.0. The van der Waals surface area contributed by atoms with Crippen LogP contribution in [0.4, 0.5) is 0 Å². The summed E-state index contributed by atoms with van der Waals surface area (Å²) in [7, 11) is 14.6. The first-order valence-corrected chi connectivity index (χ1v) is 22.5. The third-order valence-electron chi connectivity index (χ3n) is 13.8. The van der Waals surface area contributed by atoms with E-state index in [2.05, 4.69) is 76.5 Å². The van der Waals surface area contributed by atoms with Gasteiger partial charge < -0.3 is 46.9 Å². The van der Waals surface area contributed by atoms with Crippen LogP contribution in [0.2, 0.25) is 0 Å². The first kappa shape index (κ1) is 48.0. The van der Waals surface area contributed by atoms with Gasteiger partial charge >= 0.3 is 11.9 Å². The lowest BCUT2D eigenvalue weighted by atomic mass is 9.85. The summed E-state index contributed by atoms with van der Waals surface area (Å²) < 4.78 is 46.8. The second-order valence-electron chi connectivity index (χ2n) is 17.9. The molecule has 0 saturated carbocycles. The maximum atomic E-state index is 12.9. The van der Waals surface area contributed by atoms with Gasteiger partial charge in [-0.25, -0.2) is 0 Å². The maximum absolute atomic E-state index is 12.9. The lowest BCUT2D eigenvalue weighted by Gasteiger charge is -2.46. The minimum atomic E-state index is -0.394. The summed E-state index contributed by atoms with van der Waals surface area (Å²) >= 11 is 0. The van der Waals surface area contributed by atoms with Crippen LogP contribution in [-0.2, 0) is 44.7 Å². The first-order chi connectivity index (χ1) is 30.8. The SMILES string of the molecule is COc1cc(CC2c3cc(C)c(OC)cc3CC[N+]2(C)CCCOC(=O)CCC(=O)OCCC[N+]2(C)CCc3cc(OC)c(OC)cc3C2Cc2ccc(OC)c(OC)c2)ccc1C. The number of nitrogens with zero attached hydrogens (tertiary/aromatic N) is 2. The number of esters is 2. The fraction of sp³-hybridized carbons (Fsp3) is 0.500. The van der Waals surface area contributed by atoms with E-state index < -0.39 is 5.97 Å². The minimum absolute atomic E-state index is 0.0133. The van der Waals surface area contributed by atoms with Crippen molar-refractivity contribution in [3.8, 4) is 34.5 Å². The van der Waals surface area contributed by atoms with E-state index in [4.69, 9.17) is 37.9 Å². The normalized spacial score (nSPS) is 20.0. The number of fused-ring (bicyclic) bond motifs is 2. The van der Waals surface area contributed by atoms with Crippen molar-refractivity contribution >= 4 is 11.9 Å². The Morgan fingerprint density at radius 3 is 1.45 bits per heavy atom. The molecule has 0 saturated heterocycles. The first-order valence-electron chi connectivity index (χ1n) is 22.5. The molecule has 0 spiro atoms. The van der Waals surface area contributed by atoms with Crippen LogP contribution >= 0.6 is 0 Å². The number of carbonyl (C=O) groups is 2. The summed E-state index contributed by atoms with van der Waals surface area (Å²) in [6.45, 7) is 8.22. The highest BCUT2D eigenvalue weighted by Gasteiger charge is 2.41. The molecule has 4 atom stereocenters. The van der Waals surface area contributed by atoms with Crippen LogP contribution in [-0.4, -0.2) is 117 Å². The van der Waals surface area contributed by atoms with Crippen LogP contribution in [0.5, 0.6) is 34.5 Å². The van der Waals surface area contributed by atoms with E-state index >= 15 is 0 Å². The quantitative estimate of drug-likeness (QED) is 0.0461. The standard InChI is InChI=1S/C52H70N2O10/c1-35-13-14-37(30-46(35)58-6)28-43-41-27-36(2)47(59-7)32-39(41)19-23-53(43,3)21-11-25-63-51(55)17-18-52(56)64-26-12-22-54(4)24-20-40-33-49(61-9)50(62-10)34-42(40)44(54)29-38-15-16-45(57-5)48(31-38)60-8/h13-16,27,30-34,43-44H,11-12,17-26,28-29H2,1-10H3/q+2. The van der Waals surface area contributed by atoms with Crippen LogP contribution in [0.3, 0.4) is 0 Å². The van der Waals surface area contributed by atoms with Gasteiger partial charge in [0.15, 0.2) is 23.0 Å². The molecule has 12 nitrogen and oxygen atoms in total. The molecule has 0 aliphatic carbocycles. The maximum Gasteiger partial charge on any atom is 0.306 e. The van der Waals surface area contributed by atoms with Gasteiger partial charge in [0.1, 0.15) is 23.6 Å². The number of hydrogen-bond donors (Lipinski definition) is 0. The summed E-state index contributed by atoms with van der Waals surface area (Å²) in [5, 5.41) is 0. The molecule has 4 unspecified atom stereocenters. The van der Waals surface area contributed by atoms with Gasteiger partial charge in [0.2, 0.25) is 0 Å². The van der Waals surface area contributed by atoms with Crippen molar-refractivity contribution in [2.75, 3.05) is 96.1 Å². The van der Waals surface area contributed by atoms with E-state index in [1.807, 2.05) is 12.1 Å². The van der Waals surface area contributed by atoms with E-state index in [0.29, 0.717) is 36.7 Å². The number of likely N-dealkylation sites (N-methyl/N-ethyl adjacent to an activating group) is 2. The molecule has 4 aromatic carbocycles. The topological polar surface area (TPSA) is 108 Å². The average molecular weight is 883 g/mol. The van der Waals surface area contributed by atoms with Gasteiger partial charge in [0.05, 0.1) is 109 Å². The number of aryl methyl sites for hydroxylation is 2. The number of carbonyl (C=O) groups excluding carboxylic acids is 2. The van der Waals surface area contributed by atoms with E-state index in [-0.39, 0.29) is 37.5 Å². The van der Waals surface area contributed by atoms with E-state index in [0.717, 1.165) is 94.8 Å². The smallest absolute Gasteiger partial charge is 0.306 e. The number of rotatable bonds is 21. The molecule has 0 aromatic heterocycles. The summed E-state index contributed by atoms with van der Waals surface area (Å²) in [5.41, 5.74) is 9.71. The molecular weight excluding hydrogens is 813 g/mol. The van der Waals surface area contributed by atoms with Crippen LogP contribution in [0, 0.1) is 13.8 Å². The highest BCUT2D eigenvalue weighted by atomic mass is 16.5. The fourth-order valence-electron chi connectivity index (χ4n) is 9.91. The molecule has 12 heteroatoms. The van der Waals surface area contributed by atoms with Crippen molar-refractivity contribution in [2.24, 2.45) is 0 Å². The lowest BCUT2D eigenvalue weighted by Crippen LogP contribution is -2.52. The average Bonchev–Trinajstić information content (AvgIpc) is 3.30. The number of ether oxygens (including phenoxy) is 8. The third-order valence-corrected chi connectivity index (χ3v) is 13.8. The van der Waals surface area contributed by atoms with Crippen molar-refractivity contribution < 1.29 is 56.5 Å². The van der Waals surface area contributed by atoms with Gasteiger partial charge in [0.25, 0.3) is 0 Å². The molecule has 0 bridgehead atoms. The Labute approximate surface area is 380 Å². The highest BCUT2D eigenvalue weighted by Crippen LogP contribution is 2.44. The Morgan fingerprint density at radius 2 is 0.938 bits per heavy atom. The molecule has 2 aliphatic rings. The molecular formula is C52H70N2O10+2. The predicted molar refractivity (Wildman–Crippen MR) is 247 cm³/mol. The van der Waals surface area contributed by atoms with E-state index in [1.54, 1.807) is 42.7 Å². The number of methoxy groups -OCH3 is 6. The molecule has 0 N–H and O–H groups in total. The monoisotopic (exact) mass is 883 g/mol. The largest absolute Gasteiger partial charge is 0.496 e. The molecule has 4 aromatic rings. The van der Waals surface area contributed by atoms with Crippen LogP contribution in [0.1, 0.15) is 82.3 Å². The molecule has 346 valence electrons. The van der Waals surface area contributed by atoms with Gasteiger partial charge in [0, 0.05) is 49.7 Å². The van der Waals surface area contributed by atoms with Crippen LogP contribution in [0.25, 0.3) is 0 Å². The zero-order valence-electron chi connectivity index (χ0n) is 39.8. The number of quaternary nitrogens is 2. The molecule has 0 amide bonds. The van der Waals surface area contributed by atoms with E-state index in [1.165, 1.54) is 27.8 Å².